The highest BCUT2D eigenvalue weighted by Crippen LogP contribution is 2.30. The molecule has 98 valence electrons. The van der Waals surface area contributed by atoms with Gasteiger partial charge in [0.2, 0.25) is 5.91 Å². The van der Waals surface area contributed by atoms with E-state index in [1.54, 1.807) is 4.57 Å². The van der Waals surface area contributed by atoms with Crippen LogP contribution in [0.1, 0.15) is 38.9 Å². The Hall–Kier alpha value is -1.43. The van der Waals surface area contributed by atoms with Crippen molar-refractivity contribution in [2.75, 3.05) is 7.05 Å². The molecule has 1 aromatic rings. The van der Waals surface area contributed by atoms with Gasteiger partial charge in [-0.15, -0.1) is 0 Å². The quantitative estimate of drug-likeness (QED) is 0.623. The molecule has 2 rings (SSSR count). The predicted octanol–water partition coefficient (Wildman–Crippen LogP) is 1.77. The van der Waals surface area contributed by atoms with Crippen molar-refractivity contribution in [3.05, 3.63) is 16.7 Å². The molecule has 1 fully saturated rings. The van der Waals surface area contributed by atoms with Gasteiger partial charge in [-0.2, -0.15) is 0 Å². The molecule has 0 bridgehead atoms. The molecule has 1 N–H and O–H groups in total. The number of nitrogens with zero attached hydrogens (tertiary/aromatic N) is 2. The number of carbonyl (C=O) groups is 2. The Morgan fingerprint density at radius 2 is 2.00 bits per heavy atom. The second kappa shape index (κ2) is 4.05. The first kappa shape index (κ1) is 13.0. The van der Waals surface area contributed by atoms with Gasteiger partial charge < -0.3 is 9.55 Å². The summed E-state index contributed by atoms with van der Waals surface area (Å²) in [7, 11) is 1.51. The van der Waals surface area contributed by atoms with Crippen LogP contribution in [0.15, 0.2) is 6.20 Å². The van der Waals surface area contributed by atoms with Gasteiger partial charge in [0.05, 0.1) is 6.42 Å². The van der Waals surface area contributed by atoms with Gasteiger partial charge in [0, 0.05) is 24.4 Å². The van der Waals surface area contributed by atoms with Crippen LogP contribution in [0.4, 0.5) is 0 Å². The first-order valence-electron chi connectivity index (χ1n) is 5.84. The van der Waals surface area contributed by atoms with Gasteiger partial charge in [-0.1, -0.05) is 20.8 Å². The van der Waals surface area contributed by atoms with Crippen LogP contribution in [-0.4, -0.2) is 33.3 Å². The average Bonchev–Trinajstić information content (AvgIpc) is 2.74. The molecule has 6 heteroatoms. The molecule has 1 aliphatic rings. The summed E-state index contributed by atoms with van der Waals surface area (Å²) >= 11 is 5.23. The molecule has 1 unspecified atom stereocenters. The Morgan fingerprint density at radius 3 is 2.44 bits per heavy atom. The summed E-state index contributed by atoms with van der Waals surface area (Å²) in [6.45, 7) is 6.14. The average molecular weight is 267 g/mol. The fourth-order valence-electron chi connectivity index (χ4n) is 2.20. The molecule has 0 radical (unpaired) electrons. The van der Waals surface area contributed by atoms with E-state index >= 15 is 0 Å². The van der Waals surface area contributed by atoms with E-state index in [0.29, 0.717) is 4.77 Å². The molecule has 1 atom stereocenters. The first-order valence-corrected chi connectivity index (χ1v) is 6.25. The fraction of sp³-hybridized carbons (Fsp3) is 0.583. The van der Waals surface area contributed by atoms with Crippen LogP contribution in [0.25, 0.3) is 0 Å². The highest BCUT2D eigenvalue weighted by molar-refractivity contribution is 7.71. The molecule has 18 heavy (non-hydrogen) atoms. The smallest absolute Gasteiger partial charge is 0.252 e. The van der Waals surface area contributed by atoms with Crippen LogP contribution in [0.2, 0.25) is 0 Å². The topological polar surface area (TPSA) is 58.1 Å². The maximum absolute atomic E-state index is 12.1. The zero-order valence-corrected chi connectivity index (χ0v) is 11.8. The largest absolute Gasteiger partial charge is 0.337 e. The number of imide groups is 1. The van der Waals surface area contributed by atoms with Crippen LogP contribution >= 0.6 is 12.2 Å². The molecule has 0 spiro atoms. The van der Waals surface area contributed by atoms with Crippen LogP contribution in [-0.2, 0) is 15.0 Å². The van der Waals surface area contributed by atoms with Crippen molar-refractivity contribution in [3.8, 4) is 0 Å². The van der Waals surface area contributed by atoms with Gasteiger partial charge in [-0.05, 0) is 12.2 Å². The Balaban J connectivity index is 2.53. The minimum absolute atomic E-state index is 0.141. The van der Waals surface area contributed by atoms with Crippen molar-refractivity contribution in [1.82, 2.24) is 14.5 Å². The maximum Gasteiger partial charge on any atom is 0.252 e. The number of imidazole rings is 1. The van der Waals surface area contributed by atoms with Crippen molar-refractivity contribution in [1.29, 1.82) is 0 Å². The molecular formula is C12H17N3O2S. The number of nitrogens with one attached hydrogen (secondary N) is 1. The number of aromatic nitrogens is 2. The normalized spacial score (nSPS) is 20.9. The van der Waals surface area contributed by atoms with Crippen molar-refractivity contribution in [2.45, 2.75) is 38.6 Å². The predicted molar refractivity (Wildman–Crippen MR) is 69.7 cm³/mol. The van der Waals surface area contributed by atoms with Crippen molar-refractivity contribution in [3.63, 3.8) is 0 Å². The van der Waals surface area contributed by atoms with E-state index in [1.807, 2.05) is 27.0 Å². The molecule has 0 saturated carbocycles. The molecule has 0 aliphatic carbocycles. The lowest BCUT2D eigenvalue weighted by molar-refractivity contribution is -0.137. The summed E-state index contributed by atoms with van der Waals surface area (Å²) < 4.78 is 2.26. The number of carbonyl (C=O) groups excluding carboxylic acids is 2. The highest BCUT2D eigenvalue weighted by atomic mass is 32.1. The van der Waals surface area contributed by atoms with E-state index in [2.05, 4.69) is 4.98 Å². The molecule has 0 aromatic carbocycles. The molecule has 2 heterocycles. The number of rotatable bonds is 1. The summed E-state index contributed by atoms with van der Waals surface area (Å²) in [5.74, 6) is -0.353. The number of likely N-dealkylation sites (tertiary alicyclic amines) is 1. The van der Waals surface area contributed by atoms with Crippen molar-refractivity contribution in [2.24, 2.45) is 0 Å². The number of aromatic amines is 1. The summed E-state index contributed by atoms with van der Waals surface area (Å²) in [5.41, 5.74) is 0.798. The minimum atomic E-state index is -0.504. The highest BCUT2D eigenvalue weighted by Gasteiger charge is 2.39. The fourth-order valence-corrected chi connectivity index (χ4v) is 2.49. The Labute approximate surface area is 111 Å². The van der Waals surface area contributed by atoms with Crippen LogP contribution < -0.4 is 0 Å². The van der Waals surface area contributed by atoms with Gasteiger partial charge >= 0.3 is 0 Å². The lowest BCUT2D eigenvalue weighted by atomic mass is 9.92. The molecule has 1 aromatic heterocycles. The molecular weight excluding hydrogens is 250 g/mol. The van der Waals surface area contributed by atoms with Crippen LogP contribution in [0, 0.1) is 4.77 Å². The van der Waals surface area contributed by atoms with Gasteiger partial charge in [0.25, 0.3) is 5.91 Å². The second-order valence-electron chi connectivity index (χ2n) is 5.61. The van der Waals surface area contributed by atoms with E-state index in [0.717, 1.165) is 5.69 Å². The van der Waals surface area contributed by atoms with Crippen molar-refractivity contribution >= 4 is 24.0 Å². The second-order valence-corrected chi connectivity index (χ2v) is 6.00. The third-order valence-corrected chi connectivity index (χ3v) is 3.56. The number of hydrogen-bond acceptors (Lipinski definition) is 3. The summed E-state index contributed by atoms with van der Waals surface area (Å²) in [4.78, 5) is 27.8. The minimum Gasteiger partial charge on any atom is -0.337 e. The van der Waals surface area contributed by atoms with Gasteiger partial charge in [0.1, 0.15) is 6.04 Å². The number of amides is 2. The molecule has 1 saturated heterocycles. The van der Waals surface area contributed by atoms with Gasteiger partial charge in [-0.25, -0.2) is 0 Å². The Morgan fingerprint density at radius 1 is 1.39 bits per heavy atom. The van der Waals surface area contributed by atoms with E-state index < -0.39 is 6.04 Å². The van der Waals surface area contributed by atoms with Crippen LogP contribution in [0.3, 0.4) is 0 Å². The Bertz CT molecular complexity index is 565. The number of hydrogen-bond donors (Lipinski definition) is 1. The zero-order valence-electron chi connectivity index (χ0n) is 11.0. The molecule has 2 amide bonds. The first-order chi connectivity index (χ1) is 8.23. The molecule has 1 aliphatic heterocycles. The monoisotopic (exact) mass is 267 g/mol. The summed E-state index contributed by atoms with van der Waals surface area (Å²) in [6.07, 6.45) is 2.00. The maximum atomic E-state index is 12.1. The van der Waals surface area contributed by atoms with E-state index in [1.165, 1.54) is 11.9 Å². The van der Waals surface area contributed by atoms with E-state index in [-0.39, 0.29) is 23.7 Å². The zero-order chi connectivity index (χ0) is 13.7. The van der Waals surface area contributed by atoms with Gasteiger partial charge in [0.15, 0.2) is 4.77 Å². The summed E-state index contributed by atoms with van der Waals surface area (Å²) in [5, 5.41) is 0. The van der Waals surface area contributed by atoms with Crippen molar-refractivity contribution < 1.29 is 9.59 Å². The Kier molecular flexibility index (Phi) is 2.93. The molecule has 5 nitrogen and oxygen atoms in total. The van der Waals surface area contributed by atoms with Crippen LogP contribution in [0.5, 0.6) is 0 Å². The van der Waals surface area contributed by atoms with E-state index in [9.17, 15) is 9.59 Å². The lowest BCUT2D eigenvalue weighted by Gasteiger charge is -2.23. The standard InChI is InChI=1S/C12H17N3O2S/c1-12(2,3)8-6-13-11(18)15(8)7-5-9(16)14(4)10(7)17/h6-7H,5H2,1-4H3,(H,13,18). The SMILES string of the molecule is CN1C(=O)CC(n2c(C(C)(C)C)c[nH]c2=S)C1=O. The van der Waals surface area contributed by atoms with Gasteiger partial charge in [-0.3, -0.25) is 14.5 Å². The number of H-pyrrole nitrogens is 1. The third kappa shape index (κ3) is 1.90. The summed E-state index contributed by atoms with van der Waals surface area (Å²) in [6, 6.07) is -0.504. The lowest BCUT2D eigenvalue weighted by Crippen LogP contribution is -2.29. The third-order valence-electron chi connectivity index (χ3n) is 3.25. The number of likely N-dealkylation sites (N-methyl/N-ethyl adjacent to an activating group) is 1. The van der Waals surface area contributed by atoms with E-state index in [4.69, 9.17) is 12.2 Å².